The largest absolute Gasteiger partial charge is 0.340 e. The van der Waals surface area contributed by atoms with Crippen LogP contribution in [0.5, 0.6) is 0 Å². The predicted molar refractivity (Wildman–Crippen MR) is 109 cm³/mol. The first-order chi connectivity index (χ1) is 13.0. The SMILES string of the molecule is CC[C@H](C)[C@H](NC(=O)c1ccccc1)C(=O)Nc1nc2c(s1)CC(C)CC2. The summed E-state index contributed by atoms with van der Waals surface area (Å²) in [4.78, 5) is 31.3. The molecule has 0 saturated heterocycles. The van der Waals surface area contributed by atoms with E-state index in [4.69, 9.17) is 0 Å². The number of nitrogens with one attached hydrogen (secondary N) is 2. The van der Waals surface area contributed by atoms with Crippen LogP contribution in [0.15, 0.2) is 30.3 Å². The third-order valence-electron chi connectivity index (χ3n) is 5.23. The fourth-order valence-electron chi connectivity index (χ4n) is 3.29. The molecule has 0 fully saturated rings. The van der Waals surface area contributed by atoms with Crippen molar-refractivity contribution < 1.29 is 9.59 Å². The fraction of sp³-hybridized carbons (Fsp3) is 0.476. The summed E-state index contributed by atoms with van der Waals surface area (Å²) in [6.45, 7) is 6.24. The maximum absolute atomic E-state index is 12.9. The number of nitrogens with zero attached hydrogens (tertiary/aromatic N) is 1. The van der Waals surface area contributed by atoms with E-state index in [9.17, 15) is 9.59 Å². The Bertz CT molecular complexity index is 803. The summed E-state index contributed by atoms with van der Waals surface area (Å²) < 4.78 is 0. The van der Waals surface area contributed by atoms with E-state index in [1.165, 1.54) is 4.88 Å². The number of benzene rings is 1. The average Bonchev–Trinajstić information content (AvgIpc) is 3.07. The van der Waals surface area contributed by atoms with Crippen LogP contribution in [0.3, 0.4) is 0 Å². The highest BCUT2D eigenvalue weighted by molar-refractivity contribution is 7.15. The Balaban J connectivity index is 1.71. The van der Waals surface area contributed by atoms with Gasteiger partial charge in [0.05, 0.1) is 5.69 Å². The molecule has 1 unspecified atom stereocenters. The van der Waals surface area contributed by atoms with Gasteiger partial charge in [-0.2, -0.15) is 0 Å². The number of carbonyl (C=O) groups is 2. The van der Waals surface area contributed by atoms with E-state index in [0.29, 0.717) is 16.6 Å². The normalized spacial score (nSPS) is 18.3. The second kappa shape index (κ2) is 8.65. The number of aromatic nitrogens is 1. The average molecular weight is 386 g/mol. The van der Waals surface area contributed by atoms with Crippen molar-refractivity contribution in [2.45, 2.75) is 52.5 Å². The lowest BCUT2D eigenvalue weighted by Gasteiger charge is -2.23. The number of rotatable bonds is 6. The number of amides is 2. The summed E-state index contributed by atoms with van der Waals surface area (Å²) in [5.74, 6) is 0.253. The maximum Gasteiger partial charge on any atom is 0.251 e. The molecule has 144 valence electrons. The molecule has 3 rings (SSSR count). The summed E-state index contributed by atoms with van der Waals surface area (Å²) in [6.07, 6.45) is 3.94. The molecule has 27 heavy (non-hydrogen) atoms. The molecule has 0 spiro atoms. The van der Waals surface area contributed by atoms with Gasteiger partial charge in [-0.05, 0) is 43.2 Å². The van der Waals surface area contributed by atoms with E-state index in [1.807, 2.05) is 32.0 Å². The Morgan fingerprint density at radius 1 is 1.30 bits per heavy atom. The fourth-order valence-corrected chi connectivity index (χ4v) is 4.47. The van der Waals surface area contributed by atoms with Crippen molar-refractivity contribution in [2.75, 3.05) is 5.32 Å². The molecule has 0 bridgehead atoms. The lowest BCUT2D eigenvalue weighted by Crippen LogP contribution is -2.47. The van der Waals surface area contributed by atoms with Gasteiger partial charge in [-0.1, -0.05) is 45.4 Å². The molecule has 0 radical (unpaired) electrons. The predicted octanol–water partition coefficient (Wildman–Crippen LogP) is 4.05. The first-order valence-electron chi connectivity index (χ1n) is 9.63. The molecule has 2 amide bonds. The molecule has 1 aromatic heterocycles. The van der Waals surface area contributed by atoms with Crippen LogP contribution in [0.25, 0.3) is 0 Å². The second-order valence-electron chi connectivity index (χ2n) is 7.43. The van der Waals surface area contributed by atoms with Crippen LogP contribution < -0.4 is 10.6 Å². The molecule has 1 aromatic carbocycles. The first kappa shape index (κ1) is 19.5. The van der Waals surface area contributed by atoms with E-state index in [-0.39, 0.29) is 17.7 Å². The molecule has 5 nitrogen and oxygen atoms in total. The molecule has 2 N–H and O–H groups in total. The Morgan fingerprint density at radius 3 is 2.74 bits per heavy atom. The van der Waals surface area contributed by atoms with Gasteiger partial charge in [0.15, 0.2) is 5.13 Å². The van der Waals surface area contributed by atoms with Gasteiger partial charge in [-0.15, -0.1) is 11.3 Å². The van der Waals surface area contributed by atoms with Crippen molar-refractivity contribution in [2.24, 2.45) is 11.8 Å². The minimum Gasteiger partial charge on any atom is -0.340 e. The number of thiazole rings is 1. The van der Waals surface area contributed by atoms with E-state index in [2.05, 4.69) is 22.5 Å². The van der Waals surface area contributed by atoms with Crippen molar-refractivity contribution >= 4 is 28.3 Å². The van der Waals surface area contributed by atoms with Gasteiger partial charge < -0.3 is 10.6 Å². The monoisotopic (exact) mass is 385 g/mol. The highest BCUT2D eigenvalue weighted by Crippen LogP contribution is 2.32. The Kier molecular flexibility index (Phi) is 6.26. The summed E-state index contributed by atoms with van der Waals surface area (Å²) in [5, 5.41) is 6.48. The molecule has 0 saturated carbocycles. The maximum atomic E-state index is 12.9. The molecule has 0 aliphatic heterocycles. The van der Waals surface area contributed by atoms with Gasteiger partial charge in [0, 0.05) is 10.4 Å². The second-order valence-corrected chi connectivity index (χ2v) is 8.51. The van der Waals surface area contributed by atoms with Crippen LogP contribution in [0.4, 0.5) is 5.13 Å². The smallest absolute Gasteiger partial charge is 0.251 e. The molecule has 1 heterocycles. The van der Waals surface area contributed by atoms with Crippen molar-refractivity contribution in [1.82, 2.24) is 10.3 Å². The summed E-state index contributed by atoms with van der Waals surface area (Å²) in [5.41, 5.74) is 1.67. The van der Waals surface area contributed by atoms with Gasteiger partial charge in [-0.25, -0.2) is 4.98 Å². The lowest BCUT2D eigenvalue weighted by molar-refractivity contribution is -0.119. The zero-order valence-corrected chi connectivity index (χ0v) is 16.9. The standard InChI is InChI=1S/C21H27N3O2S/c1-4-14(3)18(23-19(25)15-8-6-5-7-9-15)20(26)24-21-22-16-11-10-13(2)12-17(16)27-21/h5-9,13-14,18H,4,10-12H2,1-3H3,(H,23,25)(H,22,24,26)/t13?,14-,18-/m0/s1. The van der Waals surface area contributed by atoms with E-state index >= 15 is 0 Å². The number of carbonyl (C=O) groups excluding carboxylic acids is 2. The van der Waals surface area contributed by atoms with Crippen LogP contribution in [-0.4, -0.2) is 22.8 Å². The molecule has 3 atom stereocenters. The van der Waals surface area contributed by atoms with Crippen molar-refractivity contribution in [3.05, 3.63) is 46.5 Å². The van der Waals surface area contributed by atoms with Crippen LogP contribution >= 0.6 is 11.3 Å². The Hall–Kier alpha value is -2.21. The number of hydrogen-bond donors (Lipinski definition) is 2. The highest BCUT2D eigenvalue weighted by atomic mass is 32.1. The number of aryl methyl sites for hydroxylation is 1. The molecular weight excluding hydrogens is 358 g/mol. The molecule has 1 aliphatic rings. The lowest BCUT2D eigenvalue weighted by atomic mass is 9.93. The molecule has 6 heteroatoms. The van der Waals surface area contributed by atoms with Crippen LogP contribution in [-0.2, 0) is 17.6 Å². The van der Waals surface area contributed by atoms with Gasteiger partial charge >= 0.3 is 0 Å². The minimum atomic E-state index is -0.595. The van der Waals surface area contributed by atoms with Crippen molar-refractivity contribution in [1.29, 1.82) is 0 Å². The first-order valence-corrected chi connectivity index (χ1v) is 10.4. The van der Waals surface area contributed by atoms with Crippen molar-refractivity contribution in [3.63, 3.8) is 0 Å². The van der Waals surface area contributed by atoms with E-state index in [0.717, 1.165) is 31.4 Å². The van der Waals surface area contributed by atoms with Crippen LogP contribution in [0, 0.1) is 11.8 Å². The third-order valence-corrected chi connectivity index (χ3v) is 6.27. The highest BCUT2D eigenvalue weighted by Gasteiger charge is 2.28. The number of anilines is 1. The summed E-state index contributed by atoms with van der Waals surface area (Å²) >= 11 is 1.56. The molecule has 1 aliphatic carbocycles. The van der Waals surface area contributed by atoms with Crippen LogP contribution in [0.1, 0.15) is 54.5 Å². The summed E-state index contributed by atoms with van der Waals surface area (Å²) in [7, 11) is 0. The summed E-state index contributed by atoms with van der Waals surface area (Å²) in [6, 6.07) is 8.39. The van der Waals surface area contributed by atoms with Gasteiger partial charge in [0.1, 0.15) is 6.04 Å². The molecular formula is C21H27N3O2S. The van der Waals surface area contributed by atoms with Gasteiger partial charge in [-0.3, -0.25) is 9.59 Å². The van der Waals surface area contributed by atoms with Crippen molar-refractivity contribution in [3.8, 4) is 0 Å². The number of hydrogen-bond acceptors (Lipinski definition) is 4. The zero-order chi connectivity index (χ0) is 19.4. The number of fused-ring (bicyclic) bond motifs is 1. The Labute approximate surface area is 164 Å². The van der Waals surface area contributed by atoms with Crippen LogP contribution in [0.2, 0.25) is 0 Å². The van der Waals surface area contributed by atoms with Gasteiger partial charge in [0.25, 0.3) is 5.91 Å². The van der Waals surface area contributed by atoms with E-state index in [1.54, 1.807) is 23.5 Å². The molecule has 2 aromatic rings. The Morgan fingerprint density at radius 2 is 2.04 bits per heavy atom. The third kappa shape index (κ3) is 4.75. The van der Waals surface area contributed by atoms with E-state index < -0.39 is 6.04 Å². The zero-order valence-electron chi connectivity index (χ0n) is 16.1. The quantitative estimate of drug-likeness (QED) is 0.788. The van der Waals surface area contributed by atoms with Gasteiger partial charge in [0.2, 0.25) is 5.91 Å². The topological polar surface area (TPSA) is 71.1 Å². The minimum absolute atomic E-state index is 0.0206.